The summed E-state index contributed by atoms with van der Waals surface area (Å²) < 4.78 is 0. The average Bonchev–Trinajstić information content (AvgIpc) is 0. The van der Waals surface area contributed by atoms with E-state index >= 15 is 0 Å². The fraction of sp³-hybridized carbons (Fsp3) is 0. The standard InChI is InChI=1S/BH3.Co.Fe.Hf/h1H3;;;. The van der Waals surface area contributed by atoms with Crippen LogP contribution >= 0.6 is 0 Å². The van der Waals surface area contributed by atoms with Crippen LogP contribution in [0, 0.1) is 0 Å². The minimum Gasteiger partial charge on any atom is 0 e. The maximum absolute atomic E-state index is 0. The van der Waals surface area contributed by atoms with Crippen molar-refractivity contribution in [2.45, 2.75) is 0 Å². The van der Waals surface area contributed by atoms with Crippen molar-refractivity contribution in [1.29, 1.82) is 0 Å². The van der Waals surface area contributed by atoms with E-state index in [1.54, 1.807) is 0 Å². The molecule has 0 rings (SSSR count). The molecule has 0 saturated heterocycles. The van der Waals surface area contributed by atoms with E-state index in [0.717, 1.165) is 0 Å². The van der Waals surface area contributed by atoms with Gasteiger partial charge in [-0.3, -0.25) is 0 Å². The summed E-state index contributed by atoms with van der Waals surface area (Å²) in [6.07, 6.45) is 0. The molecule has 0 aromatic rings. The smallest absolute Gasteiger partial charge is 0 e. The first-order chi connectivity index (χ1) is 0. The van der Waals surface area contributed by atoms with Crippen molar-refractivity contribution in [2.75, 3.05) is 0 Å². The first-order valence-corrected chi connectivity index (χ1v) is 0. The minimum absolute atomic E-state index is 0. The molecule has 27 valence electrons. The van der Waals surface area contributed by atoms with Gasteiger partial charge in [0.05, 0.1) is 8.41 Å². The maximum Gasteiger partial charge on any atom is 0.0814 e. The van der Waals surface area contributed by atoms with Crippen LogP contribution in [-0.4, -0.2) is 8.41 Å². The molecule has 1 radical (unpaired) electrons. The Labute approximate surface area is 67.5 Å². The Morgan fingerprint density at radius 2 is 1.00 bits per heavy atom. The Hall–Kier alpha value is 1.96. The van der Waals surface area contributed by atoms with E-state index in [1.807, 2.05) is 0 Å². The SMILES string of the molecule is B.[Co].[Fe].[Hf]. The van der Waals surface area contributed by atoms with Gasteiger partial charge < -0.3 is 0 Å². The van der Waals surface area contributed by atoms with Crippen molar-refractivity contribution >= 4 is 8.41 Å². The van der Waals surface area contributed by atoms with E-state index < -0.39 is 0 Å². The van der Waals surface area contributed by atoms with Crippen LogP contribution < -0.4 is 0 Å². The van der Waals surface area contributed by atoms with E-state index in [9.17, 15) is 0 Å². The molecule has 0 aromatic carbocycles. The molecule has 4 heavy (non-hydrogen) atoms. The first-order valence-electron chi connectivity index (χ1n) is 0. The maximum atomic E-state index is 0. The van der Waals surface area contributed by atoms with E-state index in [2.05, 4.69) is 0 Å². The molecule has 0 fully saturated rings. The van der Waals surface area contributed by atoms with Crippen LogP contribution in [0.3, 0.4) is 0 Å². The van der Waals surface area contributed by atoms with Gasteiger partial charge >= 0.3 is 0 Å². The summed E-state index contributed by atoms with van der Waals surface area (Å²) >= 11 is 0. The average molecular weight is 307 g/mol. The van der Waals surface area contributed by atoms with Gasteiger partial charge in [0.15, 0.2) is 0 Å². The van der Waals surface area contributed by atoms with Gasteiger partial charge in [-0.25, -0.2) is 0 Å². The van der Waals surface area contributed by atoms with Crippen LogP contribution in [0.5, 0.6) is 0 Å². The van der Waals surface area contributed by atoms with Crippen LogP contribution in [0.25, 0.3) is 0 Å². The minimum atomic E-state index is 0. The van der Waals surface area contributed by atoms with Gasteiger partial charge in [0.1, 0.15) is 0 Å². The Kier molecular flexibility index (Phi) is 193. The summed E-state index contributed by atoms with van der Waals surface area (Å²) in [7, 11) is 0. The second-order valence-corrected chi connectivity index (χ2v) is 0. The van der Waals surface area contributed by atoms with Crippen LogP contribution in [0.15, 0.2) is 0 Å². The summed E-state index contributed by atoms with van der Waals surface area (Å²) in [5.41, 5.74) is 0. The van der Waals surface area contributed by atoms with E-state index in [1.165, 1.54) is 0 Å². The summed E-state index contributed by atoms with van der Waals surface area (Å²) in [4.78, 5) is 0. The van der Waals surface area contributed by atoms with Crippen molar-refractivity contribution < 1.29 is 59.7 Å². The first kappa shape index (κ1) is 38.2. The molecule has 0 atom stereocenters. The van der Waals surface area contributed by atoms with E-state index in [-0.39, 0.29) is 68.1 Å². The van der Waals surface area contributed by atoms with Crippen molar-refractivity contribution in [1.82, 2.24) is 0 Å². The molecule has 0 saturated carbocycles. The number of rotatable bonds is 0. The third kappa shape index (κ3) is 9.03. The van der Waals surface area contributed by atoms with Gasteiger partial charge in [-0.1, -0.05) is 0 Å². The zero-order valence-corrected chi connectivity index (χ0v) is 6.92. The van der Waals surface area contributed by atoms with Crippen LogP contribution in [0.4, 0.5) is 0 Å². The molecule has 4 heteroatoms. The van der Waals surface area contributed by atoms with Gasteiger partial charge in [-0.2, -0.15) is 0 Å². The van der Waals surface area contributed by atoms with Crippen molar-refractivity contribution in [3.8, 4) is 0 Å². The van der Waals surface area contributed by atoms with Crippen LogP contribution in [0.1, 0.15) is 0 Å². The van der Waals surface area contributed by atoms with Gasteiger partial charge in [-0.05, 0) is 0 Å². The van der Waals surface area contributed by atoms with Crippen molar-refractivity contribution in [2.24, 2.45) is 0 Å². The van der Waals surface area contributed by atoms with Crippen molar-refractivity contribution in [3.63, 3.8) is 0 Å². The zero-order chi connectivity index (χ0) is 0. The molecule has 0 heterocycles. The predicted molar refractivity (Wildman–Crippen MR) is 9.94 cm³/mol. The molecule has 0 aliphatic rings. The second kappa shape index (κ2) is 20.2. The summed E-state index contributed by atoms with van der Waals surface area (Å²) in [5, 5.41) is 0. The molecule has 0 spiro atoms. The zero-order valence-electron chi connectivity index (χ0n) is 1.19. The normalized spacial score (nSPS) is 0. The largest absolute Gasteiger partial charge is 0.0814 e. The number of hydrogen-bond acceptors (Lipinski definition) is 0. The van der Waals surface area contributed by atoms with Gasteiger partial charge in [0, 0.05) is 59.7 Å². The van der Waals surface area contributed by atoms with E-state index in [0.29, 0.717) is 0 Å². The molecule has 0 aliphatic carbocycles. The predicted octanol–water partition coefficient (Wildman–Crippen LogP) is -1.19. The van der Waals surface area contributed by atoms with Gasteiger partial charge in [0.25, 0.3) is 0 Å². The Morgan fingerprint density at radius 3 is 1.00 bits per heavy atom. The fourth-order valence-corrected chi connectivity index (χ4v) is 0. The third-order valence-electron chi connectivity index (χ3n) is 0. The quantitative estimate of drug-likeness (QED) is 0.494. The third-order valence-corrected chi connectivity index (χ3v) is 0. The number of hydrogen-bond donors (Lipinski definition) is 0. The van der Waals surface area contributed by atoms with Gasteiger partial charge in [0.2, 0.25) is 0 Å². The molecule has 0 bridgehead atoms. The Balaban J connectivity index is 0. The molecule has 0 nitrogen and oxygen atoms in total. The fourth-order valence-electron chi connectivity index (χ4n) is 0. The molecule has 0 amide bonds. The molecular weight excluding hydrogens is 304 g/mol. The molecule has 0 aliphatic heterocycles. The Bertz CT molecular complexity index is 8.00. The monoisotopic (exact) mass is 309 g/mol. The topological polar surface area (TPSA) is 0 Å². The summed E-state index contributed by atoms with van der Waals surface area (Å²) in [5.74, 6) is 0. The van der Waals surface area contributed by atoms with Gasteiger partial charge in [-0.15, -0.1) is 0 Å². The Morgan fingerprint density at radius 1 is 1.00 bits per heavy atom. The van der Waals surface area contributed by atoms with E-state index in [4.69, 9.17) is 0 Å². The summed E-state index contributed by atoms with van der Waals surface area (Å²) in [6, 6.07) is 0. The molecule has 0 N–H and O–H groups in total. The second-order valence-electron chi connectivity index (χ2n) is 0. The summed E-state index contributed by atoms with van der Waals surface area (Å²) in [6.45, 7) is 0. The van der Waals surface area contributed by atoms with Crippen LogP contribution in [-0.2, 0) is 59.7 Å². The molecule has 0 aromatic heterocycles. The van der Waals surface area contributed by atoms with Crippen molar-refractivity contribution in [3.05, 3.63) is 0 Å². The molecular formula is H3BCoFeHf. The molecule has 0 unspecified atom stereocenters. The van der Waals surface area contributed by atoms with Crippen LogP contribution in [0.2, 0.25) is 0 Å².